The van der Waals surface area contributed by atoms with Gasteiger partial charge in [-0.3, -0.25) is 0 Å². The van der Waals surface area contributed by atoms with Gasteiger partial charge in [0, 0.05) is 6.07 Å². The number of hydrogen-bond acceptors (Lipinski definition) is 2. The zero-order chi connectivity index (χ0) is 11.1. The Labute approximate surface area is 91.5 Å². The van der Waals surface area contributed by atoms with Crippen LogP contribution in [0.4, 0.5) is 0 Å². The molecule has 0 N–H and O–H groups in total. The van der Waals surface area contributed by atoms with Gasteiger partial charge in [-0.1, -0.05) is 12.1 Å². The quantitative estimate of drug-likeness (QED) is 0.665. The van der Waals surface area contributed by atoms with Crippen molar-refractivity contribution in [1.82, 2.24) is 0 Å². The van der Waals surface area contributed by atoms with E-state index in [1.165, 1.54) is 0 Å². The topological polar surface area (TPSA) is 18.5 Å². The Balaban J connectivity index is 2.91. The van der Waals surface area contributed by atoms with Crippen LogP contribution in [0, 0.1) is 0 Å². The molecular weight excluding hydrogens is 188 g/mol. The molecule has 0 saturated heterocycles. The first kappa shape index (κ1) is 11.6. The molecule has 1 rings (SSSR count). The van der Waals surface area contributed by atoms with Crippen molar-refractivity contribution >= 4 is 0 Å². The predicted molar refractivity (Wildman–Crippen MR) is 62.7 cm³/mol. The van der Waals surface area contributed by atoms with Crippen LogP contribution in [0.5, 0.6) is 11.5 Å². The average molecular weight is 206 g/mol. The lowest BCUT2D eigenvalue weighted by Crippen LogP contribution is -1.98. The summed E-state index contributed by atoms with van der Waals surface area (Å²) in [4.78, 5) is 0. The van der Waals surface area contributed by atoms with Gasteiger partial charge in [0.1, 0.15) is 11.5 Å². The van der Waals surface area contributed by atoms with Gasteiger partial charge >= 0.3 is 0 Å². The molecule has 0 bridgehead atoms. The number of ether oxygens (including phenoxy) is 2. The summed E-state index contributed by atoms with van der Waals surface area (Å²) in [6.07, 6.45) is 2.69. The lowest BCUT2D eigenvalue weighted by atomic mass is 10.1. The third-order valence-corrected chi connectivity index (χ3v) is 2.01. The highest BCUT2D eigenvalue weighted by atomic mass is 16.5. The summed E-state index contributed by atoms with van der Waals surface area (Å²) < 4.78 is 11.0. The fourth-order valence-electron chi connectivity index (χ4n) is 1.41. The average Bonchev–Trinajstić information content (AvgIpc) is 2.23. The van der Waals surface area contributed by atoms with Crippen LogP contribution in [0.1, 0.15) is 19.4 Å². The van der Waals surface area contributed by atoms with Crippen LogP contribution in [0.2, 0.25) is 0 Å². The van der Waals surface area contributed by atoms with E-state index < -0.39 is 0 Å². The van der Waals surface area contributed by atoms with Crippen molar-refractivity contribution in [3.63, 3.8) is 0 Å². The largest absolute Gasteiger partial charge is 0.494 e. The Morgan fingerprint density at radius 2 is 1.93 bits per heavy atom. The second-order valence-corrected chi connectivity index (χ2v) is 3.13. The molecule has 0 spiro atoms. The minimum absolute atomic E-state index is 0.666. The number of rotatable bonds is 6. The SMILES string of the molecule is C=CCc1ccc(OCC)cc1OCC. The second-order valence-electron chi connectivity index (χ2n) is 3.13. The molecule has 0 unspecified atom stereocenters. The van der Waals surface area contributed by atoms with E-state index in [-0.39, 0.29) is 0 Å². The summed E-state index contributed by atoms with van der Waals surface area (Å²) in [5.74, 6) is 1.75. The van der Waals surface area contributed by atoms with Gasteiger partial charge in [0.2, 0.25) is 0 Å². The standard InChI is InChI=1S/C13H18O2/c1-4-7-11-8-9-12(14-5-2)10-13(11)15-6-3/h4,8-10H,1,5-7H2,2-3H3. The van der Waals surface area contributed by atoms with Gasteiger partial charge in [0.05, 0.1) is 13.2 Å². The van der Waals surface area contributed by atoms with E-state index in [0.717, 1.165) is 23.5 Å². The van der Waals surface area contributed by atoms with Crippen molar-refractivity contribution in [2.24, 2.45) is 0 Å². The van der Waals surface area contributed by atoms with E-state index in [1.807, 2.05) is 38.1 Å². The first-order valence-corrected chi connectivity index (χ1v) is 5.31. The van der Waals surface area contributed by atoms with Crippen molar-refractivity contribution in [1.29, 1.82) is 0 Å². The molecule has 0 aliphatic rings. The predicted octanol–water partition coefficient (Wildman–Crippen LogP) is 3.21. The molecule has 0 atom stereocenters. The van der Waals surface area contributed by atoms with Crippen LogP contribution in [-0.2, 0) is 6.42 Å². The Hall–Kier alpha value is -1.44. The zero-order valence-electron chi connectivity index (χ0n) is 9.45. The van der Waals surface area contributed by atoms with Gasteiger partial charge in [-0.25, -0.2) is 0 Å². The third-order valence-electron chi connectivity index (χ3n) is 2.01. The molecule has 2 nitrogen and oxygen atoms in total. The first-order valence-electron chi connectivity index (χ1n) is 5.31. The van der Waals surface area contributed by atoms with Crippen LogP contribution in [0.15, 0.2) is 30.9 Å². The van der Waals surface area contributed by atoms with Crippen LogP contribution < -0.4 is 9.47 Å². The minimum atomic E-state index is 0.666. The smallest absolute Gasteiger partial charge is 0.126 e. The Morgan fingerprint density at radius 1 is 1.20 bits per heavy atom. The molecule has 1 aromatic carbocycles. The summed E-state index contributed by atoms with van der Waals surface area (Å²) in [5.41, 5.74) is 1.15. The lowest BCUT2D eigenvalue weighted by Gasteiger charge is -2.11. The number of benzene rings is 1. The molecule has 0 radical (unpaired) electrons. The zero-order valence-corrected chi connectivity index (χ0v) is 9.45. The highest BCUT2D eigenvalue weighted by molar-refractivity contribution is 5.41. The molecule has 0 fully saturated rings. The molecule has 1 aromatic rings. The molecule has 0 heterocycles. The van der Waals surface area contributed by atoms with Crippen molar-refractivity contribution in [2.45, 2.75) is 20.3 Å². The molecule has 0 aromatic heterocycles. The minimum Gasteiger partial charge on any atom is -0.494 e. The van der Waals surface area contributed by atoms with Gasteiger partial charge in [-0.15, -0.1) is 6.58 Å². The molecule has 0 aliphatic carbocycles. The second kappa shape index (κ2) is 6.12. The van der Waals surface area contributed by atoms with Crippen molar-refractivity contribution in [3.05, 3.63) is 36.4 Å². The molecule has 15 heavy (non-hydrogen) atoms. The van der Waals surface area contributed by atoms with E-state index in [4.69, 9.17) is 9.47 Å². The van der Waals surface area contributed by atoms with Crippen LogP contribution >= 0.6 is 0 Å². The fraction of sp³-hybridized carbons (Fsp3) is 0.385. The van der Waals surface area contributed by atoms with E-state index in [1.54, 1.807) is 0 Å². The van der Waals surface area contributed by atoms with Crippen molar-refractivity contribution < 1.29 is 9.47 Å². The highest BCUT2D eigenvalue weighted by Crippen LogP contribution is 2.25. The number of allylic oxidation sites excluding steroid dienone is 1. The molecule has 2 heteroatoms. The van der Waals surface area contributed by atoms with E-state index in [9.17, 15) is 0 Å². The molecule has 0 aliphatic heterocycles. The van der Waals surface area contributed by atoms with Crippen LogP contribution in [0.3, 0.4) is 0 Å². The number of hydrogen-bond donors (Lipinski definition) is 0. The monoisotopic (exact) mass is 206 g/mol. The lowest BCUT2D eigenvalue weighted by molar-refractivity contribution is 0.321. The summed E-state index contributed by atoms with van der Waals surface area (Å²) in [5, 5.41) is 0. The summed E-state index contributed by atoms with van der Waals surface area (Å²) in [7, 11) is 0. The van der Waals surface area contributed by atoms with Crippen LogP contribution in [0.25, 0.3) is 0 Å². The van der Waals surface area contributed by atoms with Gasteiger partial charge in [-0.2, -0.15) is 0 Å². The normalized spacial score (nSPS) is 9.73. The molecular formula is C13H18O2. The van der Waals surface area contributed by atoms with Gasteiger partial charge in [-0.05, 0) is 31.9 Å². The maximum Gasteiger partial charge on any atom is 0.126 e. The Bertz CT molecular complexity index is 318. The summed E-state index contributed by atoms with van der Waals surface area (Å²) >= 11 is 0. The highest BCUT2D eigenvalue weighted by Gasteiger charge is 2.03. The summed E-state index contributed by atoms with van der Waals surface area (Å²) in [6.45, 7) is 9.02. The maximum absolute atomic E-state index is 5.55. The van der Waals surface area contributed by atoms with E-state index in [2.05, 4.69) is 6.58 Å². The van der Waals surface area contributed by atoms with E-state index in [0.29, 0.717) is 13.2 Å². The fourth-order valence-corrected chi connectivity index (χ4v) is 1.41. The summed E-state index contributed by atoms with van der Waals surface area (Å²) in [6, 6.07) is 5.92. The Kier molecular flexibility index (Phi) is 4.75. The van der Waals surface area contributed by atoms with Gasteiger partial charge in [0.25, 0.3) is 0 Å². The van der Waals surface area contributed by atoms with Gasteiger partial charge < -0.3 is 9.47 Å². The van der Waals surface area contributed by atoms with Crippen LogP contribution in [-0.4, -0.2) is 13.2 Å². The van der Waals surface area contributed by atoms with Crippen molar-refractivity contribution in [2.75, 3.05) is 13.2 Å². The maximum atomic E-state index is 5.55. The van der Waals surface area contributed by atoms with Gasteiger partial charge in [0.15, 0.2) is 0 Å². The molecule has 82 valence electrons. The Morgan fingerprint density at radius 3 is 2.53 bits per heavy atom. The molecule has 0 saturated carbocycles. The van der Waals surface area contributed by atoms with Crippen molar-refractivity contribution in [3.8, 4) is 11.5 Å². The third kappa shape index (κ3) is 3.31. The van der Waals surface area contributed by atoms with E-state index >= 15 is 0 Å². The molecule has 0 amide bonds. The first-order chi connectivity index (χ1) is 7.31.